The lowest BCUT2D eigenvalue weighted by Gasteiger charge is -2.50. The van der Waals surface area contributed by atoms with Crippen molar-refractivity contribution in [1.82, 2.24) is 9.80 Å². The fraction of sp³-hybridized carbons (Fsp3) is 0.667. The minimum atomic E-state index is -0.969. The number of hydrogen-bond acceptors (Lipinski definition) is 3. The molecule has 0 aliphatic carbocycles. The number of benzene rings is 1. The van der Waals surface area contributed by atoms with Gasteiger partial charge in [-0.2, -0.15) is 0 Å². The molecule has 4 nitrogen and oxygen atoms in total. The molecule has 1 amide bonds. The van der Waals surface area contributed by atoms with Crippen LogP contribution in [0.4, 0.5) is 4.39 Å². The first-order valence-corrected chi connectivity index (χ1v) is 9.84. The van der Waals surface area contributed by atoms with Gasteiger partial charge in [-0.3, -0.25) is 9.69 Å². The number of carbonyl (C=O) groups is 1. The Balaban J connectivity index is 1.62. The van der Waals surface area contributed by atoms with E-state index in [2.05, 4.69) is 13.8 Å². The minimum absolute atomic E-state index is 0.100. The van der Waals surface area contributed by atoms with Crippen LogP contribution in [0.1, 0.15) is 45.6 Å². The van der Waals surface area contributed by atoms with Gasteiger partial charge in [0.1, 0.15) is 6.10 Å². The van der Waals surface area contributed by atoms with Crippen molar-refractivity contribution in [1.29, 1.82) is 0 Å². The van der Waals surface area contributed by atoms with Crippen molar-refractivity contribution in [3.8, 4) is 0 Å². The summed E-state index contributed by atoms with van der Waals surface area (Å²) in [6.45, 7) is 8.07. The molecular weight excluding hydrogens is 331 g/mol. The molecule has 3 rings (SSSR count). The molecule has 0 aromatic heterocycles. The SMILES string of the molecule is CC[C@H]1OC2(CCN(C(F)Cc3ccccc3)CC2)CN(C(C)C)C1=O. The second kappa shape index (κ2) is 8.05. The van der Waals surface area contributed by atoms with E-state index in [-0.39, 0.29) is 23.7 Å². The lowest BCUT2D eigenvalue weighted by molar-refractivity contribution is -0.198. The van der Waals surface area contributed by atoms with E-state index in [1.807, 2.05) is 47.1 Å². The molecule has 0 saturated carbocycles. The molecule has 0 bridgehead atoms. The van der Waals surface area contributed by atoms with E-state index in [1.54, 1.807) is 0 Å². The van der Waals surface area contributed by atoms with Gasteiger partial charge in [0.05, 0.1) is 12.1 Å². The number of likely N-dealkylation sites (tertiary alicyclic amines) is 1. The molecular formula is C21H31FN2O2. The van der Waals surface area contributed by atoms with Gasteiger partial charge in [-0.05, 0) is 38.7 Å². The van der Waals surface area contributed by atoms with Gasteiger partial charge in [0.15, 0.2) is 6.30 Å². The number of alkyl halides is 1. The first-order chi connectivity index (χ1) is 12.4. The van der Waals surface area contributed by atoms with Crippen molar-refractivity contribution >= 4 is 5.91 Å². The third-order valence-electron chi connectivity index (χ3n) is 5.76. The van der Waals surface area contributed by atoms with E-state index in [4.69, 9.17) is 4.74 Å². The van der Waals surface area contributed by atoms with Crippen LogP contribution in [0.5, 0.6) is 0 Å². The average molecular weight is 362 g/mol. The fourth-order valence-electron chi connectivity index (χ4n) is 4.08. The summed E-state index contributed by atoms with van der Waals surface area (Å²) in [5.74, 6) is 0.100. The molecule has 2 fully saturated rings. The van der Waals surface area contributed by atoms with Gasteiger partial charge in [0, 0.05) is 25.6 Å². The molecule has 144 valence electrons. The number of hydrogen-bond donors (Lipinski definition) is 0. The van der Waals surface area contributed by atoms with Crippen molar-refractivity contribution in [2.75, 3.05) is 19.6 Å². The highest BCUT2D eigenvalue weighted by Crippen LogP contribution is 2.35. The highest BCUT2D eigenvalue weighted by Gasteiger charge is 2.47. The number of carbonyl (C=O) groups excluding carboxylic acids is 1. The molecule has 1 spiro atoms. The van der Waals surface area contributed by atoms with Gasteiger partial charge in [0.2, 0.25) is 0 Å². The van der Waals surface area contributed by atoms with Crippen LogP contribution in [0.3, 0.4) is 0 Å². The number of amides is 1. The third-order valence-corrected chi connectivity index (χ3v) is 5.76. The normalized spacial score (nSPS) is 25.0. The molecule has 2 atom stereocenters. The molecule has 2 aliphatic heterocycles. The lowest BCUT2D eigenvalue weighted by atomic mass is 9.87. The van der Waals surface area contributed by atoms with E-state index in [9.17, 15) is 9.18 Å². The van der Waals surface area contributed by atoms with Crippen molar-refractivity contribution < 1.29 is 13.9 Å². The van der Waals surface area contributed by atoms with E-state index >= 15 is 0 Å². The van der Waals surface area contributed by atoms with Crippen molar-refractivity contribution in [3.63, 3.8) is 0 Å². The highest BCUT2D eigenvalue weighted by molar-refractivity contribution is 5.82. The number of nitrogens with zero attached hydrogens (tertiary/aromatic N) is 2. The van der Waals surface area contributed by atoms with Crippen molar-refractivity contribution in [3.05, 3.63) is 35.9 Å². The van der Waals surface area contributed by atoms with Crippen LogP contribution in [-0.4, -0.2) is 59.4 Å². The van der Waals surface area contributed by atoms with Gasteiger partial charge in [-0.1, -0.05) is 37.3 Å². The highest BCUT2D eigenvalue weighted by atomic mass is 19.1. The Labute approximate surface area is 156 Å². The summed E-state index contributed by atoms with van der Waals surface area (Å²) in [6.07, 6.45) is 1.33. The maximum absolute atomic E-state index is 14.8. The van der Waals surface area contributed by atoms with Crippen LogP contribution in [0.25, 0.3) is 0 Å². The van der Waals surface area contributed by atoms with Crippen LogP contribution in [0.15, 0.2) is 30.3 Å². The summed E-state index contributed by atoms with van der Waals surface area (Å²) in [6, 6.07) is 9.97. The van der Waals surface area contributed by atoms with Gasteiger partial charge in [-0.25, -0.2) is 4.39 Å². The average Bonchev–Trinajstić information content (AvgIpc) is 2.64. The van der Waals surface area contributed by atoms with Crippen molar-refractivity contribution in [2.45, 2.75) is 70.5 Å². The van der Waals surface area contributed by atoms with Crippen LogP contribution in [0.2, 0.25) is 0 Å². The maximum Gasteiger partial charge on any atom is 0.252 e. The number of rotatable bonds is 5. The number of ether oxygens (including phenoxy) is 1. The Morgan fingerprint density at radius 1 is 1.23 bits per heavy atom. The molecule has 1 aromatic rings. The van der Waals surface area contributed by atoms with E-state index < -0.39 is 6.30 Å². The Bertz CT molecular complexity index is 599. The van der Waals surface area contributed by atoms with Crippen LogP contribution in [-0.2, 0) is 16.0 Å². The zero-order chi connectivity index (χ0) is 18.7. The quantitative estimate of drug-likeness (QED) is 0.753. The predicted molar refractivity (Wildman–Crippen MR) is 101 cm³/mol. The molecule has 1 unspecified atom stereocenters. The third kappa shape index (κ3) is 4.09. The first-order valence-electron chi connectivity index (χ1n) is 9.84. The zero-order valence-electron chi connectivity index (χ0n) is 16.2. The van der Waals surface area contributed by atoms with Crippen molar-refractivity contribution in [2.24, 2.45) is 0 Å². The summed E-state index contributed by atoms with van der Waals surface area (Å²) >= 11 is 0. The Hall–Kier alpha value is -1.46. The van der Waals surface area contributed by atoms with Gasteiger partial charge in [0.25, 0.3) is 5.91 Å². The van der Waals surface area contributed by atoms with Gasteiger partial charge < -0.3 is 9.64 Å². The molecule has 2 heterocycles. The fourth-order valence-corrected chi connectivity index (χ4v) is 4.08. The van der Waals surface area contributed by atoms with Crippen LogP contribution < -0.4 is 0 Å². The molecule has 0 radical (unpaired) electrons. The molecule has 0 N–H and O–H groups in total. The Kier molecular flexibility index (Phi) is 5.98. The van der Waals surface area contributed by atoms with E-state index in [0.29, 0.717) is 32.5 Å². The molecule has 2 saturated heterocycles. The topological polar surface area (TPSA) is 32.8 Å². The van der Waals surface area contributed by atoms with E-state index in [1.165, 1.54) is 0 Å². The van der Waals surface area contributed by atoms with E-state index in [0.717, 1.165) is 18.4 Å². The summed E-state index contributed by atoms with van der Waals surface area (Å²) in [4.78, 5) is 16.4. The minimum Gasteiger partial charge on any atom is -0.360 e. The monoisotopic (exact) mass is 362 g/mol. The number of piperidine rings is 1. The molecule has 5 heteroatoms. The summed E-state index contributed by atoms with van der Waals surface area (Å²) < 4.78 is 21.0. The van der Waals surface area contributed by atoms with Gasteiger partial charge >= 0.3 is 0 Å². The molecule has 26 heavy (non-hydrogen) atoms. The molecule has 1 aromatic carbocycles. The molecule has 2 aliphatic rings. The second-order valence-corrected chi connectivity index (χ2v) is 7.92. The van der Waals surface area contributed by atoms with Crippen LogP contribution >= 0.6 is 0 Å². The number of morpholine rings is 1. The summed E-state index contributed by atoms with van der Waals surface area (Å²) in [5, 5.41) is 0. The smallest absolute Gasteiger partial charge is 0.252 e. The van der Waals surface area contributed by atoms with Crippen LogP contribution in [0, 0.1) is 0 Å². The standard InChI is InChI=1S/C21H31FN2O2/c1-4-18-20(25)24(16(2)3)15-21(26-18)10-12-23(13-11-21)19(22)14-17-8-6-5-7-9-17/h5-9,16,18-19H,4,10-15H2,1-3H3/t18-,19?/m1/s1. The number of halogens is 1. The lowest BCUT2D eigenvalue weighted by Crippen LogP contribution is -2.63. The Morgan fingerprint density at radius 2 is 1.88 bits per heavy atom. The zero-order valence-corrected chi connectivity index (χ0v) is 16.2. The predicted octanol–water partition coefficient (Wildman–Crippen LogP) is 3.41. The largest absolute Gasteiger partial charge is 0.360 e. The summed E-state index contributed by atoms with van der Waals surface area (Å²) in [5.41, 5.74) is 0.707. The van der Waals surface area contributed by atoms with Gasteiger partial charge in [-0.15, -0.1) is 0 Å². The Morgan fingerprint density at radius 3 is 2.46 bits per heavy atom. The maximum atomic E-state index is 14.8. The summed E-state index contributed by atoms with van der Waals surface area (Å²) in [7, 11) is 0. The first kappa shape index (κ1) is 19.3. The second-order valence-electron chi connectivity index (χ2n) is 7.92.